The van der Waals surface area contributed by atoms with Gasteiger partial charge in [-0.05, 0) is 37.6 Å². The van der Waals surface area contributed by atoms with E-state index < -0.39 is 0 Å². The van der Waals surface area contributed by atoms with Crippen molar-refractivity contribution in [2.24, 2.45) is 0 Å². The first-order valence-corrected chi connectivity index (χ1v) is 8.90. The summed E-state index contributed by atoms with van der Waals surface area (Å²) in [7, 11) is 1.38. The van der Waals surface area contributed by atoms with Crippen molar-refractivity contribution in [2.45, 2.75) is 31.3 Å². The van der Waals surface area contributed by atoms with Crippen LogP contribution < -0.4 is 0 Å². The van der Waals surface area contributed by atoms with Crippen LogP contribution in [0.2, 0.25) is 0 Å². The van der Waals surface area contributed by atoms with E-state index in [1.54, 1.807) is 30.2 Å². The highest BCUT2D eigenvalue weighted by molar-refractivity contribution is 7.98. The number of hydrogen-bond donors (Lipinski definition) is 0. The molecule has 0 radical (unpaired) electrons. The van der Waals surface area contributed by atoms with Gasteiger partial charge in [0.2, 0.25) is 0 Å². The van der Waals surface area contributed by atoms with Crippen molar-refractivity contribution in [1.29, 1.82) is 0 Å². The fourth-order valence-corrected chi connectivity index (χ4v) is 3.46. The quantitative estimate of drug-likeness (QED) is 0.491. The van der Waals surface area contributed by atoms with Gasteiger partial charge in [-0.1, -0.05) is 23.9 Å². The minimum absolute atomic E-state index is 0.329. The van der Waals surface area contributed by atoms with E-state index in [2.05, 4.69) is 21.7 Å². The Hall–Kier alpha value is -2.54. The largest absolute Gasteiger partial charge is 0.469 e. The summed E-state index contributed by atoms with van der Waals surface area (Å²) in [6, 6.07) is 9.30. The smallest absolute Gasteiger partial charge is 0.337 e. The molecular weight excluding hydrogens is 338 g/mol. The van der Waals surface area contributed by atoms with Gasteiger partial charge in [-0.25, -0.2) is 4.79 Å². The summed E-state index contributed by atoms with van der Waals surface area (Å²) in [5.41, 5.74) is 2.61. The molecule has 3 aromatic rings. The molecule has 0 atom stereocenters. The summed E-state index contributed by atoms with van der Waals surface area (Å²) in [5.74, 6) is 2.06. The van der Waals surface area contributed by atoms with Crippen molar-refractivity contribution in [3.63, 3.8) is 0 Å². The molecule has 0 aliphatic carbocycles. The summed E-state index contributed by atoms with van der Waals surface area (Å²) >= 11 is 1.61. The summed E-state index contributed by atoms with van der Waals surface area (Å²) in [5, 5.41) is 9.50. The molecule has 0 fully saturated rings. The molecule has 2 heterocycles. The first-order chi connectivity index (χ1) is 12.1. The Morgan fingerprint density at radius 1 is 1.24 bits per heavy atom. The zero-order chi connectivity index (χ0) is 17.8. The lowest BCUT2D eigenvalue weighted by Gasteiger charge is -2.07. The highest BCUT2D eigenvalue weighted by atomic mass is 32.2. The zero-order valence-electron chi connectivity index (χ0n) is 14.4. The van der Waals surface area contributed by atoms with Crippen LogP contribution in [0.15, 0.2) is 46.2 Å². The van der Waals surface area contributed by atoms with Gasteiger partial charge in [-0.3, -0.25) is 0 Å². The van der Waals surface area contributed by atoms with Crippen LogP contribution in [0.3, 0.4) is 0 Å². The fraction of sp³-hybridized carbons (Fsp3) is 0.278. The second-order valence-electron chi connectivity index (χ2n) is 5.42. The summed E-state index contributed by atoms with van der Waals surface area (Å²) in [4.78, 5) is 11.5. The topological polar surface area (TPSA) is 70.2 Å². The lowest BCUT2D eigenvalue weighted by molar-refractivity contribution is 0.0600. The first kappa shape index (κ1) is 17.3. The fourth-order valence-electron chi connectivity index (χ4n) is 2.50. The molecule has 1 aromatic carbocycles. The predicted octanol–water partition coefficient (Wildman–Crippen LogP) is 3.95. The Morgan fingerprint density at radius 2 is 2.00 bits per heavy atom. The zero-order valence-corrected chi connectivity index (χ0v) is 15.2. The number of hydrogen-bond acceptors (Lipinski definition) is 6. The number of aromatic nitrogens is 3. The number of methoxy groups -OCH3 is 1. The lowest BCUT2D eigenvalue weighted by atomic mass is 10.1. The van der Waals surface area contributed by atoms with Gasteiger partial charge in [0.1, 0.15) is 5.76 Å². The van der Waals surface area contributed by atoms with Crippen LogP contribution in [0, 0.1) is 6.92 Å². The molecule has 0 bridgehead atoms. The van der Waals surface area contributed by atoms with E-state index in [-0.39, 0.29) is 5.97 Å². The number of furan rings is 1. The average molecular weight is 357 g/mol. The molecule has 0 aliphatic rings. The average Bonchev–Trinajstić information content (AvgIpc) is 3.24. The van der Waals surface area contributed by atoms with E-state index in [4.69, 9.17) is 9.15 Å². The third-order valence-electron chi connectivity index (χ3n) is 3.88. The molecule has 0 aliphatic heterocycles. The second kappa shape index (κ2) is 7.57. The Bertz CT molecular complexity index is 868. The van der Waals surface area contributed by atoms with E-state index in [0.29, 0.717) is 5.56 Å². The molecule has 0 unspecified atom stereocenters. The van der Waals surface area contributed by atoms with E-state index in [1.807, 2.05) is 25.1 Å². The Morgan fingerprint density at radius 3 is 2.60 bits per heavy atom. The van der Waals surface area contributed by atoms with Crippen molar-refractivity contribution < 1.29 is 13.9 Å². The number of nitrogens with zero attached hydrogens (tertiary/aromatic N) is 3. The lowest BCUT2D eigenvalue weighted by Crippen LogP contribution is -2.01. The Kier molecular flexibility index (Phi) is 5.23. The SMILES string of the molecule is CCn1c(SCc2ccc(C(=O)OC)cc2)nnc1-c1ccoc1C. The number of ether oxygens (including phenoxy) is 1. The van der Waals surface area contributed by atoms with E-state index in [9.17, 15) is 4.79 Å². The normalized spacial score (nSPS) is 10.8. The van der Waals surface area contributed by atoms with Crippen molar-refractivity contribution >= 4 is 17.7 Å². The Labute approximate surface area is 150 Å². The number of carbonyl (C=O) groups excluding carboxylic acids is 1. The molecule has 130 valence electrons. The molecule has 0 amide bonds. The molecular formula is C18H19N3O3S. The van der Waals surface area contributed by atoms with Gasteiger partial charge < -0.3 is 13.7 Å². The second-order valence-corrected chi connectivity index (χ2v) is 6.36. The molecule has 3 rings (SSSR count). The Balaban J connectivity index is 1.74. The van der Waals surface area contributed by atoms with Crippen molar-refractivity contribution in [3.8, 4) is 11.4 Å². The maximum atomic E-state index is 11.5. The van der Waals surface area contributed by atoms with Crippen molar-refractivity contribution in [2.75, 3.05) is 7.11 Å². The monoisotopic (exact) mass is 357 g/mol. The number of esters is 1. The number of rotatable bonds is 6. The third-order valence-corrected chi connectivity index (χ3v) is 4.91. The molecule has 6 nitrogen and oxygen atoms in total. The molecule has 0 saturated heterocycles. The molecule has 2 aromatic heterocycles. The highest BCUT2D eigenvalue weighted by Crippen LogP contribution is 2.28. The molecule has 25 heavy (non-hydrogen) atoms. The molecule has 0 saturated carbocycles. The van der Waals surface area contributed by atoms with Crippen molar-refractivity contribution in [3.05, 3.63) is 53.5 Å². The minimum Gasteiger partial charge on any atom is -0.469 e. The summed E-state index contributed by atoms with van der Waals surface area (Å²) in [6.45, 7) is 4.76. The molecule has 0 N–H and O–H groups in total. The van der Waals surface area contributed by atoms with Gasteiger partial charge in [0.25, 0.3) is 0 Å². The van der Waals surface area contributed by atoms with Gasteiger partial charge in [-0.2, -0.15) is 0 Å². The van der Waals surface area contributed by atoms with E-state index >= 15 is 0 Å². The molecule has 0 spiro atoms. The van der Waals surface area contributed by atoms with Crippen LogP contribution in [-0.4, -0.2) is 27.8 Å². The van der Waals surface area contributed by atoms with Gasteiger partial charge in [0.15, 0.2) is 11.0 Å². The van der Waals surface area contributed by atoms with Gasteiger partial charge in [0.05, 0.1) is 24.5 Å². The van der Waals surface area contributed by atoms with Crippen LogP contribution in [-0.2, 0) is 17.0 Å². The third kappa shape index (κ3) is 3.61. The van der Waals surface area contributed by atoms with Crippen molar-refractivity contribution in [1.82, 2.24) is 14.8 Å². The van der Waals surface area contributed by atoms with Crippen LogP contribution in [0.25, 0.3) is 11.4 Å². The number of aryl methyl sites for hydroxylation is 1. The summed E-state index contributed by atoms with van der Waals surface area (Å²) in [6.07, 6.45) is 1.66. The van der Waals surface area contributed by atoms with E-state index in [1.165, 1.54) is 7.11 Å². The summed E-state index contributed by atoms with van der Waals surface area (Å²) < 4.78 is 12.2. The van der Waals surface area contributed by atoms with Crippen LogP contribution >= 0.6 is 11.8 Å². The van der Waals surface area contributed by atoms with Gasteiger partial charge in [-0.15, -0.1) is 10.2 Å². The predicted molar refractivity (Wildman–Crippen MR) is 95.5 cm³/mol. The van der Waals surface area contributed by atoms with Gasteiger partial charge >= 0.3 is 5.97 Å². The first-order valence-electron chi connectivity index (χ1n) is 7.91. The maximum absolute atomic E-state index is 11.5. The maximum Gasteiger partial charge on any atom is 0.337 e. The number of carbonyl (C=O) groups is 1. The van der Waals surface area contributed by atoms with Crippen LogP contribution in [0.5, 0.6) is 0 Å². The number of thioether (sulfide) groups is 1. The minimum atomic E-state index is -0.329. The van der Waals surface area contributed by atoms with Gasteiger partial charge in [0, 0.05) is 12.3 Å². The van der Waals surface area contributed by atoms with Crippen LogP contribution in [0.1, 0.15) is 28.6 Å². The molecule has 7 heteroatoms. The highest BCUT2D eigenvalue weighted by Gasteiger charge is 2.16. The number of benzene rings is 1. The van der Waals surface area contributed by atoms with E-state index in [0.717, 1.165) is 40.2 Å². The van der Waals surface area contributed by atoms with Crippen LogP contribution in [0.4, 0.5) is 0 Å². The standard InChI is InChI=1S/C18H19N3O3S/c1-4-21-16(15-9-10-24-12(15)2)19-20-18(21)25-11-13-5-7-14(8-6-13)17(22)23-3/h5-10H,4,11H2,1-3H3.